The Morgan fingerprint density at radius 2 is 1.97 bits per heavy atom. The second-order valence-electron chi connectivity index (χ2n) is 6.25. The molecule has 160 valence electrons. The molecule has 0 radical (unpaired) electrons. The number of nitro benzene ring substituents is 1. The number of nitrogens with one attached hydrogen (secondary N) is 1. The van der Waals surface area contributed by atoms with Crippen molar-refractivity contribution in [3.63, 3.8) is 0 Å². The summed E-state index contributed by atoms with van der Waals surface area (Å²) in [7, 11) is -3.71. The van der Waals surface area contributed by atoms with Gasteiger partial charge in [0, 0.05) is 30.9 Å². The minimum atomic E-state index is -3.71. The average molecular weight is 456 g/mol. The van der Waals surface area contributed by atoms with Gasteiger partial charge in [-0.05, 0) is 24.3 Å². The number of halogens is 1. The van der Waals surface area contributed by atoms with E-state index >= 15 is 0 Å². The molecule has 0 saturated carbocycles. The standard InChI is InChI=1S/C18H18ClN3O7S/c19-16-11-15(30(26,27)21-6-8-28-9-7-21)4-5-17(16)29-12-18(23)20-13-2-1-3-14(10-13)22(24)25/h1-5,10-11H,6-9,12H2,(H,20,23). The molecule has 0 aliphatic carbocycles. The fourth-order valence-corrected chi connectivity index (χ4v) is 4.47. The van der Waals surface area contributed by atoms with Crippen molar-refractivity contribution in [3.05, 3.63) is 57.6 Å². The summed E-state index contributed by atoms with van der Waals surface area (Å²) < 4.78 is 37.1. The number of carbonyl (C=O) groups is 1. The molecule has 1 aliphatic rings. The molecule has 2 aromatic carbocycles. The second kappa shape index (κ2) is 9.39. The molecule has 12 heteroatoms. The van der Waals surface area contributed by atoms with Crippen molar-refractivity contribution in [3.8, 4) is 5.75 Å². The van der Waals surface area contributed by atoms with Crippen LogP contribution in [0.1, 0.15) is 0 Å². The summed E-state index contributed by atoms with van der Waals surface area (Å²) in [6.07, 6.45) is 0. The third-order valence-electron chi connectivity index (χ3n) is 4.21. The summed E-state index contributed by atoms with van der Waals surface area (Å²) >= 11 is 6.13. The van der Waals surface area contributed by atoms with E-state index in [1.54, 1.807) is 0 Å². The second-order valence-corrected chi connectivity index (χ2v) is 8.60. The minimum Gasteiger partial charge on any atom is -0.482 e. The van der Waals surface area contributed by atoms with E-state index < -0.39 is 27.5 Å². The highest BCUT2D eigenvalue weighted by atomic mass is 35.5. The summed E-state index contributed by atoms with van der Waals surface area (Å²) in [4.78, 5) is 22.3. The van der Waals surface area contributed by atoms with Gasteiger partial charge in [0.1, 0.15) is 5.75 Å². The first-order valence-electron chi connectivity index (χ1n) is 8.82. The lowest BCUT2D eigenvalue weighted by Gasteiger charge is -2.26. The number of nitrogens with zero attached hydrogens (tertiary/aromatic N) is 2. The molecule has 1 heterocycles. The van der Waals surface area contributed by atoms with Crippen LogP contribution in [0.5, 0.6) is 5.75 Å². The van der Waals surface area contributed by atoms with Crippen LogP contribution in [0.4, 0.5) is 11.4 Å². The molecular formula is C18H18ClN3O7S. The van der Waals surface area contributed by atoms with Gasteiger partial charge in [-0.2, -0.15) is 4.31 Å². The number of nitro groups is 1. The molecule has 1 saturated heterocycles. The van der Waals surface area contributed by atoms with Crippen LogP contribution in [-0.4, -0.2) is 56.5 Å². The number of amides is 1. The number of carbonyl (C=O) groups excluding carboxylic acids is 1. The van der Waals surface area contributed by atoms with Crippen LogP contribution in [0, 0.1) is 10.1 Å². The highest BCUT2D eigenvalue weighted by Gasteiger charge is 2.27. The van der Waals surface area contributed by atoms with Gasteiger partial charge in [0.05, 0.1) is 28.1 Å². The number of hydrogen-bond acceptors (Lipinski definition) is 7. The summed E-state index contributed by atoms with van der Waals surface area (Å²) in [6.45, 7) is 0.756. The van der Waals surface area contributed by atoms with Crippen molar-refractivity contribution in [1.29, 1.82) is 0 Å². The topological polar surface area (TPSA) is 128 Å². The Morgan fingerprint density at radius 3 is 2.63 bits per heavy atom. The summed E-state index contributed by atoms with van der Waals surface area (Å²) in [5.74, 6) is -0.427. The first kappa shape index (κ1) is 22.0. The lowest BCUT2D eigenvalue weighted by atomic mass is 10.3. The van der Waals surface area contributed by atoms with E-state index in [1.165, 1.54) is 46.8 Å². The Kier molecular flexibility index (Phi) is 6.87. The zero-order valence-corrected chi connectivity index (χ0v) is 17.2. The van der Waals surface area contributed by atoms with Crippen LogP contribution in [0.15, 0.2) is 47.4 Å². The third kappa shape index (κ3) is 5.25. The number of morpholine rings is 1. The van der Waals surface area contributed by atoms with E-state index in [0.717, 1.165) is 0 Å². The molecule has 0 unspecified atom stereocenters. The van der Waals surface area contributed by atoms with Gasteiger partial charge < -0.3 is 14.8 Å². The zero-order valence-electron chi connectivity index (χ0n) is 15.6. The fourth-order valence-electron chi connectivity index (χ4n) is 2.73. The Labute approximate surface area is 177 Å². The first-order chi connectivity index (χ1) is 14.3. The number of anilines is 1. The van der Waals surface area contributed by atoms with Gasteiger partial charge in [-0.25, -0.2) is 8.42 Å². The molecule has 1 N–H and O–H groups in total. The van der Waals surface area contributed by atoms with Gasteiger partial charge in [0.2, 0.25) is 10.0 Å². The van der Waals surface area contributed by atoms with Gasteiger partial charge in [-0.3, -0.25) is 14.9 Å². The molecular weight excluding hydrogens is 438 g/mol. The molecule has 1 fully saturated rings. The van der Waals surface area contributed by atoms with Crippen molar-refractivity contribution in [2.24, 2.45) is 0 Å². The Morgan fingerprint density at radius 1 is 1.23 bits per heavy atom. The molecule has 30 heavy (non-hydrogen) atoms. The van der Waals surface area contributed by atoms with Crippen LogP contribution in [0.2, 0.25) is 5.02 Å². The Bertz CT molecular complexity index is 1060. The number of non-ortho nitro benzene ring substituents is 1. The van der Waals surface area contributed by atoms with Gasteiger partial charge in [0.15, 0.2) is 6.61 Å². The summed E-state index contributed by atoms with van der Waals surface area (Å²) in [5.41, 5.74) is 0.0877. The molecule has 0 atom stereocenters. The molecule has 0 spiro atoms. The maximum atomic E-state index is 12.7. The molecule has 2 aromatic rings. The lowest BCUT2D eigenvalue weighted by molar-refractivity contribution is -0.384. The first-order valence-corrected chi connectivity index (χ1v) is 10.6. The van der Waals surface area contributed by atoms with Crippen molar-refractivity contribution >= 4 is 38.9 Å². The summed E-state index contributed by atoms with van der Waals surface area (Å²) in [5, 5.41) is 13.3. The van der Waals surface area contributed by atoms with Crippen LogP contribution >= 0.6 is 11.6 Å². The van der Waals surface area contributed by atoms with Crippen molar-refractivity contribution in [1.82, 2.24) is 4.31 Å². The molecule has 3 rings (SSSR count). The molecule has 1 aliphatic heterocycles. The van der Waals surface area contributed by atoms with E-state index in [2.05, 4.69) is 5.32 Å². The SMILES string of the molecule is O=C(COc1ccc(S(=O)(=O)N2CCOCC2)cc1Cl)Nc1cccc([N+](=O)[O-])c1. The maximum absolute atomic E-state index is 12.7. The Hall–Kier alpha value is -2.73. The minimum absolute atomic E-state index is 0.0165. The van der Waals surface area contributed by atoms with Crippen molar-refractivity contribution < 1.29 is 27.6 Å². The largest absolute Gasteiger partial charge is 0.482 e. The van der Waals surface area contributed by atoms with Crippen LogP contribution < -0.4 is 10.1 Å². The monoisotopic (exact) mass is 455 g/mol. The maximum Gasteiger partial charge on any atom is 0.271 e. The van der Waals surface area contributed by atoms with E-state index in [-0.39, 0.29) is 40.1 Å². The Balaban J connectivity index is 1.62. The van der Waals surface area contributed by atoms with Crippen molar-refractivity contribution in [2.45, 2.75) is 4.90 Å². The number of hydrogen-bond donors (Lipinski definition) is 1. The normalized spacial score (nSPS) is 14.8. The van der Waals surface area contributed by atoms with Crippen molar-refractivity contribution in [2.75, 3.05) is 38.2 Å². The van der Waals surface area contributed by atoms with Gasteiger partial charge in [-0.15, -0.1) is 0 Å². The fraction of sp³-hybridized carbons (Fsp3) is 0.278. The highest BCUT2D eigenvalue weighted by Crippen LogP contribution is 2.29. The average Bonchev–Trinajstić information content (AvgIpc) is 2.73. The van der Waals surface area contributed by atoms with E-state index in [9.17, 15) is 23.3 Å². The zero-order chi connectivity index (χ0) is 21.7. The van der Waals surface area contributed by atoms with Crippen LogP contribution in [0.3, 0.4) is 0 Å². The van der Waals surface area contributed by atoms with Gasteiger partial charge in [0.25, 0.3) is 11.6 Å². The van der Waals surface area contributed by atoms with Crippen LogP contribution in [0.25, 0.3) is 0 Å². The number of rotatable bonds is 7. The third-order valence-corrected chi connectivity index (χ3v) is 6.40. The van der Waals surface area contributed by atoms with E-state index in [0.29, 0.717) is 13.2 Å². The van der Waals surface area contributed by atoms with Gasteiger partial charge in [-0.1, -0.05) is 17.7 Å². The smallest absolute Gasteiger partial charge is 0.271 e. The highest BCUT2D eigenvalue weighted by molar-refractivity contribution is 7.89. The number of ether oxygens (including phenoxy) is 2. The predicted octanol–water partition coefficient (Wildman–Crippen LogP) is 2.29. The quantitative estimate of drug-likeness (QED) is 0.501. The molecule has 0 bridgehead atoms. The molecule has 10 nitrogen and oxygen atoms in total. The molecule has 0 aromatic heterocycles. The molecule has 1 amide bonds. The van der Waals surface area contributed by atoms with E-state index in [4.69, 9.17) is 21.1 Å². The number of benzene rings is 2. The summed E-state index contributed by atoms with van der Waals surface area (Å²) in [6, 6.07) is 9.46. The van der Waals surface area contributed by atoms with E-state index in [1.807, 2.05) is 0 Å². The van der Waals surface area contributed by atoms with Gasteiger partial charge >= 0.3 is 0 Å². The lowest BCUT2D eigenvalue weighted by Crippen LogP contribution is -2.40. The number of sulfonamides is 1. The predicted molar refractivity (Wildman–Crippen MR) is 108 cm³/mol. The van der Waals surface area contributed by atoms with Crippen LogP contribution in [-0.2, 0) is 19.6 Å².